The van der Waals surface area contributed by atoms with Gasteiger partial charge < -0.3 is 4.57 Å². The van der Waals surface area contributed by atoms with Crippen LogP contribution in [-0.2, 0) is 0 Å². The molecule has 4 rings (SSSR count). The van der Waals surface area contributed by atoms with Crippen LogP contribution in [0.1, 0.15) is 29.5 Å². The molecule has 96 valence electrons. The molecule has 3 aromatic rings. The van der Waals surface area contributed by atoms with Gasteiger partial charge in [0, 0.05) is 16.5 Å². The van der Waals surface area contributed by atoms with E-state index in [0.717, 1.165) is 16.2 Å². The normalized spacial score (nSPS) is 15.3. The van der Waals surface area contributed by atoms with Crippen LogP contribution in [0.2, 0.25) is 0 Å². The van der Waals surface area contributed by atoms with Crippen LogP contribution in [0.15, 0.2) is 24.5 Å². The summed E-state index contributed by atoms with van der Waals surface area (Å²) < 4.78 is 2.30. The van der Waals surface area contributed by atoms with Crippen molar-refractivity contribution >= 4 is 22.4 Å². The van der Waals surface area contributed by atoms with Crippen LogP contribution in [0.25, 0.3) is 21.6 Å². The molecule has 0 atom stereocenters. The van der Waals surface area contributed by atoms with E-state index in [9.17, 15) is 0 Å². The summed E-state index contributed by atoms with van der Waals surface area (Å²) in [6.45, 7) is 4.19. The molecule has 1 aliphatic rings. The number of hydrogen-bond acceptors (Lipinski definition) is 3. The Morgan fingerprint density at radius 2 is 2.11 bits per heavy atom. The van der Waals surface area contributed by atoms with E-state index < -0.39 is 0 Å². The Morgan fingerprint density at radius 3 is 2.79 bits per heavy atom. The summed E-state index contributed by atoms with van der Waals surface area (Å²) in [5, 5.41) is 1.10. The number of benzene rings is 1. The first kappa shape index (κ1) is 11.2. The first-order chi connectivity index (χ1) is 9.22. The van der Waals surface area contributed by atoms with E-state index in [0.29, 0.717) is 6.04 Å². The van der Waals surface area contributed by atoms with Crippen molar-refractivity contribution < 1.29 is 0 Å². The smallest absolute Gasteiger partial charge is 0.123 e. The molecule has 0 spiro atoms. The third-order valence-electron chi connectivity index (χ3n) is 3.79. The number of fused-ring (bicyclic) bond motifs is 1. The zero-order chi connectivity index (χ0) is 13.0. The highest BCUT2D eigenvalue weighted by Crippen LogP contribution is 2.38. The standard InChI is InChI=1S/C15H15N3S/c1-9-10(2)19-15(17-9)11-3-6-14-13(7-11)16-8-18(14)12-4-5-12/h3,6-8,12H,4-5H2,1-2H3. The fraction of sp³-hybridized carbons (Fsp3) is 0.333. The maximum absolute atomic E-state index is 4.63. The van der Waals surface area contributed by atoms with Crippen molar-refractivity contribution in [3.63, 3.8) is 0 Å². The number of rotatable bonds is 2. The fourth-order valence-electron chi connectivity index (χ4n) is 2.40. The monoisotopic (exact) mass is 269 g/mol. The lowest BCUT2D eigenvalue weighted by Gasteiger charge is -2.01. The lowest BCUT2D eigenvalue weighted by molar-refractivity contribution is 0.766. The Balaban J connectivity index is 1.83. The highest BCUT2D eigenvalue weighted by atomic mass is 32.1. The summed E-state index contributed by atoms with van der Waals surface area (Å²) >= 11 is 1.76. The Bertz CT molecular complexity index is 745. The van der Waals surface area contributed by atoms with Crippen LogP contribution in [0.3, 0.4) is 0 Å². The molecule has 3 nitrogen and oxygen atoms in total. The Hall–Kier alpha value is -1.68. The molecule has 1 saturated carbocycles. The van der Waals surface area contributed by atoms with Crippen molar-refractivity contribution in [3.8, 4) is 10.6 Å². The van der Waals surface area contributed by atoms with Crippen molar-refractivity contribution in [1.29, 1.82) is 0 Å². The number of hydrogen-bond donors (Lipinski definition) is 0. The second-order valence-electron chi connectivity index (χ2n) is 5.25. The molecule has 0 N–H and O–H groups in total. The average molecular weight is 269 g/mol. The van der Waals surface area contributed by atoms with Gasteiger partial charge in [0.2, 0.25) is 0 Å². The van der Waals surface area contributed by atoms with Gasteiger partial charge >= 0.3 is 0 Å². The fourth-order valence-corrected chi connectivity index (χ4v) is 3.32. The molecule has 0 radical (unpaired) electrons. The summed E-state index contributed by atoms with van der Waals surface area (Å²) in [7, 11) is 0. The third kappa shape index (κ3) is 1.78. The van der Waals surface area contributed by atoms with E-state index in [-0.39, 0.29) is 0 Å². The minimum atomic E-state index is 0.681. The number of aromatic nitrogens is 3. The summed E-state index contributed by atoms with van der Waals surface area (Å²) in [5.74, 6) is 0. The van der Waals surface area contributed by atoms with Gasteiger partial charge in [0.25, 0.3) is 0 Å². The Morgan fingerprint density at radius 1 is 1.26 bits per heavy atom. The summed E-state index contributed by atoms with van der Waals surface area (Å²) in [5.41, 5.74) is 4.63. The minimum Gasteiger partial charge on any atom is -0.327 e. The van der Waals surface area contributed by atoms with Crippen LogP contribution >= 0.6 is 11.3 Å². The second-order valence-corrected chi connectivity index (χ2v) is 6.45. The first-order valence-electron chi connectivity index (χ1n) is 6.63. The predicted molar refractivity (Wildman–Crippen MR) is 78.6 cm³/mol. The number of aryl methyl sites for hydroxylation is 2. The zero-order valence-corrected chi connectivity index (χ0v) is 11.9. The Labute approximate surface area is 115 Å². The lowest BCUT2D eigenvalue weighted by Crippen LogP contribution is -1.90. The molecule has 0 unspecified atom stereocenters. The maximum Gasteiger partial charge on any atom is 0.123 e. The van der Waals surface area contributed by atoms with Crippen molar-refractivity contribution in [3.05, 3.63) is 35.1 Å². The van der Waals surface area contributed by atoms with Gasteiger partial charge in [-0.2, -0.15) is 0 Å². The van der Waals surface area contributed by atoms with Gasteiger partial charge in [0.1, 0.15) is 5.01 Å². The molecule has 0 aliphatic heterocycles. The predicted octanol–water partition coefficient (Wildman–Crippen LogP) is 4.11. The zero-order valence-electron chi connectivity index (χ0n) is 11.1. The molecule has 19 heavy (non-hydrogen) atoms. The molecule has 1 aromatic carbocycles. The minimum absolute atomic E-state index is 0.681. The highest BCUT2D eigenvalue weighted by molar-refractivity contribution is 7.15. The molecule has 2 aromatic heterocycles. The van der Waals surface area contributed by atoms with Gasteiger partial charge in [0.05, 0.1) is 23.1 Å². The number of imidazole rings is 1. The molecule has 0 saturated heterocycles. The largest absolute Gasteiger partial charge is 0.327 e. The molecular formula is C15H15N3S. The average Bonchev–Trinajstić information content (AvgIpc) is 3.08. The molecule has 0 bridgehead atoms. The summed E-state index contributed by atoms with van der Waals surface area (Å²) in [6.07, 6.45) is 4.56. The maximum atomic E-state index is 4.63. The van der Waals surface area contributed by atoms with Crippen LogP contribution in [0.4, 0.5) is 0 Å². The van der Waals surface area contributed by atoms with Crippen molar-refractivity contribution in [1.82, 2.24) is 14.5 Å². The van der Waals surface area contributed by atoms with Crippen molar-refractivity contribution in [2.45, 2.75) is 32.7 Å². The van der Waals surface area contributed by atoms with Crippen LogP contribution in [-0.4, -0.2) is 14.5 Å². The van der Waals surface area contributed by atoms with E-state index in [2.05, 4.69) is 46.6 Å². The van der Waals surface area contributed by atoms with E-state index in [1.54, 1.807) is 11.3 Å². The van der Waals surface area contributed by atoms with Gasteiger partial charge in [-0.25, -0.2) is 9.97 Å². The quantitative estimate of drug-likeness (QED) is 0.701. The van der Waals surface area contributed by atoms with Crippen LogP contribution in [0, 0.1) is 13.8 Å². The lowest BCUT2D eigenvalue weighted by atomic mass is 10.2. The molecule has 4 heteroatoms. The van der Waals surface area contributed by atoms with E-state index in [1.807, 2.05) is 6.33 Å². The van der Waals surface area contributed by atoms with Crippen LogP contribution in [0.5, 0.6) is 0 Å². The number of thiazole rings is 1. The molecule has 0 amide bonds. The number of nitrogens with zero attached hydrogens (tertiary/aromatic N) is 3. The van der Waals surface area contributed by atoms with Gasteiger partial charge in [-0.05, 0) is 44.9 Å². The SMILES string of the molecule is Cc1nc(-c2ccc3c(c2)ncn3C2CC2)sc1C. The second kappa shape index (κ2) is 3.90. The topological polar surface area (TPSA) is 30.7 Å². The first-order valence-corrected chi connectivity index (χ1v) is 7.45. The molecular weight excluding hydrogens is 254 g/mol. The molecule has 2 heterocycles. The Kier molecular flexibility index (Phi) is 2.30. The van der Waals surface area contributed by atoms with E-state index >= 15 is 0 Å². The van der Waals surface area contributed by atoms with Crippen molar-refractivity contribution in [2.75, 3.05) is 0 Å². The summed E-state index contributed by atoms with van der Waals surface area (Å²) in [6, 6.07) is 7.19. The van der Waals surface area contributed by atoms with Gasteiger partial charge in [-0.1, -0.05) is 0 Å². The summed E-state index contributed by atoms with van der Waals surface area (Å²) in [4.78, 5) is 10.5. The van der Waals surface area contributed by atoms with Gasteiger partial charge in [0.15, 0.2) is 0 Å². The van der Waals surface area contributed by atoms with Crippen molar-refractivity contribution in [2.24, 2.45) is 0 Å². The van der Waals surface area contributed by atoms with Gasteiger partial charge in [-0.15, -0.1) is 11.3 Å². The molecule has 1 aliphatic carbocycles. The highest BCUT2D eigenvalue weighted by Gasteiger charge is 2.24. The third-order valence-corrected chi connectivity index (χ3v) is 4.91. The molecule has 1 fully saturated rings. The van der Waals surface area contributed by atoms with Crippen LogP contribution < -0.4 is 0 Å². The van der Waals surface area contributed by atoms with Gasteiger partial charge in [-0.3, -0.25) is 0 Å². The van der Waals surface area contributed by atoms with E-state index in [1.165, 1.54) is 28.8 Å². The van der Waals surface area contributed by atoms with E-state index in [4.69, 9.17) is 0 Å².